The summed E-state index contributed by atoms with van der Waals surface area (Å²) in [7, 11) is 0.298. The van der Waals surface area contributed by atoms with Crippen LogP contribution in [0.2, 0.25) is 0 Å². The van der Waals surface area contributed by atoms with Crippen LogP contribution in [0, 0.1) is 0 Å². The molecule has 0 aliphatic rings. The lowest BCUT2D eigenvalue weighted by molar-refractivity contribution is 0.603. The number of nitrogens with one attached hydrogen (secondary N) is 1. The minimum absolute atomic E-state index is 0.210. The number of hydrogen-bond acceptors (Lipinski definition) is 5. The molecule has 3 N–H and O–H groups in total. The minimum Gasteiger partial charge on any atom is -0.398 e. The third kappa shape index (κ3) is 3.18. The third-order valence-corrected chi connectivity index (χ3v) is 5.34. The Kier molecular flexibility index (Phi) is 3.68. The van der Waals surface area contributed by atoms with Crippen LogP contribution in [0.1, 0.15) is 0 Å². The highest BCUT2D eigenvalue weighted by Crippen LogP contribution is 2.25. The number of thiophene rings is 1. The van der Waals surface area contributed by atoms with E-state index in [-0.39, 0.29) is 4.21 Å². The van der Waals surface area contributed by atoms with Crippen LogP contribution in [0.15, 0.2) is 39.9 Å². The van der Waals surface area contributed by atoms with Crippen molar-refractivity contribution in [3.8, 4) is 0 Å². The second-order valence-electron chi connectivity index (χ2n) is 4.25. The summed E-state index contributed by atoms with van der Waals surface area (Å²) in [5, 5.41) is 1.60. The van der Waals surface area contributed by atoms with E-state index < -0.39 is 10.0 Å². The number of nitrogens with zero attached hydrogens (tertiary/aromatic N) is 1. The van der Waals surface area contributed by atoms with Crippen LogP contribution in [0.4, 0.5) is 17.1 Å². The molecule has 0 aliphatic carbocycles. The first-order chi connectivity index (χ1) is 8.88. The van der Waals surface area contributed by atoms with Crippen LogP contribution in [0.3, 0.4) is 0 Å². The number of nitrogen functional groups attached to an aromatic ring is 1. The van der Waals surface area contributed by atoms with E-state index in [4.69, 9.17) is 5.73 Å². The van der Waals surface area contributed by atoms with E-state index in [2.05, 4.69) is 4.72 Å². The number of benzene rings is 1. The fourth-order valence-corrected chi connectivity index (χ4v) is 3.64. The molecule has 2 aromatic rings. The zero-order chi connectivity index (χ0) is 14.0. The van der Waals surface area contributed by atoms with E-state index in [9.17, 15) is 8.42 Å². The standard InChI is InChI=1S/C12H15N3O2S2/c1-15(2)11-5-3-10(4-6-11)14-19(16,17)12-7-9(13)8-18-12/h3-8,14H,13H2,1-2H3. The largest absolute Gasteiger partial charge is 0.398 e. The predicted octanol–water partition coefficient (Wildman–Crippen LogP) is 2.20. The number of sulfonamides is 1. The molecule has 0 saturated carbocycles. The highest BCUT2D eigenvalue weighted by molar-refractivity contribution is 7.94. The van der Waals surface area contributed by atoms with Gasteiger partial charge in [-0.1, -0.05) is 0 Å². The van der Waals surface area contributed by atoms with E-state index in [0.29, 0.717) is 11.4 Å². The molecule has 1 aromatic heterocycles. The minimum atomic E-state index is -3.55. The molecule has 0 spiro atoms. The maximum absolute atomic E-state index is 12.1. The van der Waals surface area contributed by atoms with Gasteiger partial charge in [-0.25, -0.2) is 8.42 Å². The lowest BCUT2D eigenvalue weighted by Gasteiger charge is -2.13. The molecule has 0 saturated heterocycles. The van der Waals surface area contributed by atoms with Gasteiger partial charge in [-0.2, -0.15) is 0 Å². The van der Waals surface area contributed by atoms with Gasteiger partial charge in [-0.3, -0.25) is 4.72 Å². The summed E-state index contributed by atoms with van der Waals surface area (Å²) in [6.45, 7) is 0. The first-order valence-corrected chi connectivity index (χ1v) is 7.89. The number of nitrogens with two attached hydrogens (primary N) is 1. The Labute approximate surface area is 116 Å². The average Bonchev–Trinajstić information content (AvgIpc) is 2.77. The molecule has 0 radical (unpaired) electrons. The van der Waals surface area contributed by atoms with Gasteiger partial charge in [-0.05, 0) is 30.3 Å². The molecule has 0 bridgehead atoms. The van der Waals surface area contributed by atoms with Crippen molar-refractivity contribution in [1.29, 1.82) is 0 Å². The summed E-state index contributed by atoms with van der Waals surface area (Å²) in [6.07, 6.45) is 0. The van der Waals surface area contributed by atoms with Crippen LogP contribution in [-0.4, -0.2) is 22.5 Å². The number of hydrogen-bond donors (Lipinski definition) is 2. The SMILES string of the molecule is CN(C)c1ccc(NS(=O)(=O)c2cc(N)cs2)cc1. The molecular weight excluding hydrogens is 282 g/mol. The summed E-state index contributed by atoms with van der Waals surface area (Å²) >= 11 is 1.10. The second kappa shape index (κ2) is 5.10. The van der Waals surface area contributed by atoms with E-state index in [0.717, 1.165) is 17.0 Å². The first kappa shape index (κ1) is 13.7. The van der Waals surface area contributed by atoms with Crippen molar-refractivity contribution in [1.82, 2.24) is 0 Å². The van der Waals surface area contributed by atoms with Crippen LogP contribution in [0.25, 0.3) is 0 Å². The molecular formula is C12H15N3O2S2. The van der Waals surface area contributed by atoms with Crippen molar-refractivity contribution >= 4 is 38.4 Å². The highest BCUT2D eigenvalue weighted by atomic mass is 32.2. The van der Waals surface area contributed by atoms with Crippen LogP contribution < -0.4 is 15.4 Å². The van der Waals surface area contributed by atoms with Gasteiger partial charge in [0, 0.05) is 36.5 Å². The Morgan fingerprint density at radius 1 is 1.21 bits per heavy atom. The Morgan fingerprint density at radius 3 is 2.32 bits per heavy atom. The van der Waals surface area contributed by atoms with Crippen molar-refractivity contribution in [2.45, 2.75) is 4.21 Å². The van der Waals surface area contributed by atoms with Gasteiger partial charge in [0.1, 0.15) is 4.21 Å². The summed E-state index contributed by atoms with van der Waals surface area (Å²) in [6, 6.07) is 8.59. The molecule has 0 atom stereocenters. The zero-order valence-corrected chi connectivity index (χ0v) is 12.3. The van der Waals surface area contributed by atoms with E-state index in [1.54, 1.807) is 17.5 Å². The van der Waals surface area contributed by atoms with Crippen LogP contribution in [-0.2, 0) is 10.0 Å². The van der Waals surface area contributed by atoms with Gasteiger partial charge >= 0.3 is 0 Å². The number of anilines is 3. The van der Waals surface area contributed by atoms with Crippen molar-refractivity contribution in [3.05, 3.63) is 35.7 Å². The fraction of sp³-hybridized carbons (Fsp3) is 0.167. The van der Waals surface area contributed by atoms with Gasteiger partial charge in [0.05, 0.1) is 0 Å². The average molecular weight is 297 g/mol. The smallest absolute Gasteiger partial charge is 0.271 e. The zero-order valence-electron chi connectivity index (χ0n) is 10.6. The fourth-order valence-electron chi connectivity index (χ4n) is 1.50. The van der Waals surface area contributed by atoms with Gasteiger partial charge in [0.25, 0.3) is 10.0 Å². The molecule has 0 fully saturated rings. The maximum atomic E-state index is 12.1. The molecule has 7 heteroatoms. The topological polar surface area (TPSA) is 75.4 Å². The first-order valence-electron chi connectivity index (χ1n) is 5.53. The summed E-state index contributed by atoms with van der Waals surface area (Å²) in [4.78, 5) is 1.94. The molecule has 0 aliphatic heterocycles. The van der Waals surface area contributed by atoms with Gasteiger partial charge < -0.3 is 10.6 Å². The normalized spacial score (nSPS) is 11.3. The van der Waals surface area contributed by atoms with Crippen molar-refractivity contribution in [3.63, 3.8) is 0 Å². The van der Waals surface area contributed by atoms with Gasteiger partial charge in [0.2, 0.25) is 0 Å². The molecule has 0 amide bonds. The Morgan fingerprint density at radius 2 is 1.84 bits per heavy atom. The Bertz CT molecular complexity index is 661. The second-order valence-corrected chi connectivity index (χ2v) is 7.07. The molecule has 2 rings (SSSR count). The molecule has 0 unspecified atom stereocenters. The predicted molar refractivity (Wildman–Crippen MR) is 80.3 cm³/mol. The number of rotatable bonds is 4. The van der Waals surface area contributed by atoms with Gasteiger partial charge in [-0.15, -0.1) is 11.3 Å². The van der Waals surface area contributed by atoms with Crippen LogP contribution in [0.5, 0.6) is 0 Å². The summed E-state index contributed by atoms with van der Waals surface area (Å²) in [5.74, 6) is 0. The summed E-state index contributed by atoms with van der Waals surface area (Å²) < 4.78 is 26.9. The maximum Gasteiger partial charge on any atom is 0.271 e. The summed E-state index contributed by atoms with van der Waals surface area (Å²) in [5.41, 5.74) is 7.52. The van der Waals surface area contributed by atoms with E-state index in [1.165, 1.54) is 6.07 Å². The van der Waals surface area contributed by atoms with Gasteiger partial charge in [0.15, 0.2) is 0 Å². The molecule has 19 heavy (non-hydrogen) atoms. The molecule has 1 aromatic carbocycles. The lowest BCUT2D eigenvalue weighted by atomic mass is 10.3. The van der Waals surface area contributed by atoms with E-state index in [1.807, 2.05) is 31.1 Å². The van der Waals surface area contributed by atoms with E-state index >= 15 is 0 Å². The lowest BCUT2D eigenvalue weighted by Crippen LogP contribution is -2.12. The Hall–Kier alpha value is -1.73. The highest BCUT2D eigenvalue weighted by Gasteiger charge is 2.16. The molecule has 1 heterocycles. The molecule has 102 valence electrons. The van der Waals surface area contributed by atoms with Crippen molar-refractivity contribution in [2.75, 3.05) is 29.5 Å². The molecule has 5 nitrogen and oxygen atoms in total. The van der Waals surface area contributed by atoms with Crippen molar-refractivity contribution < 1.29 is 8.42 Å². The third-order valence-electron chi connectivity index (χ3n) is 2.50. The van der Waals surface area contributed by atoms with Crippen molar-refractivity contribution in [2.24, 2.45) is 0 Å². The quantitative estimate of drug-likeness (QED) is 0.907. The van der Waals surface area contributed by atoms with Crippen LogP contribution >= 0.6 is 11.3 Å². The monoisotopic (exact) mass is 297 g/mol. The Balaban J connectivity index is 2.21.